The minimum atomic E-state index is -1.24. The Hall–Kier alpha value is -2.92. The van der Waals surface area contributed by atoms with Crippen molar-refractivity contribution in [2.45, 2.75) is 0 Å². The summed E-state index contributed by atoms with van der Waals surface area (Å²) in [5, 5.41) is 11.3. The highest BCUT2D eigenvalue weighted by Gasteiger charge is 2.15. The first-order valence-corrected chi connectivity index (χ1v) is 6.96. The van der Waals surface area contributed by atoms with Crippen LogP contribution < -0.4 is 5.32 Å². The lowest BCUT2D eigenvalue weighted by Crippen LogP contribution is -2.13. The van der Waals surface area contributed by atoms with E-state index < -0.39 is 11.9 Å². The average Bonchev–Trinajstić information content (AvgIpc) is 2.54. The van der Waals surface area contributed by atoms with Crippen LogP contribution in [0.2, 0.25) is 5.02 Å². The highest BCUT2D eigenvalue weighted by Crippen LogP contribution is 2.23. The fraction of sp³-hybridized carbons (Fsp3) is 0. The van der Waals surface area contributed by atoms with Crippen LogP contribution >= 0.6 is 11.6 Å². The van der Waals surface area contributed by atoms with Crippen molar-refractivity contribution in [3.63, 3.8) is 0 Å². The summed E-state index contributed by atoms with van der Waals surface area (Å²) >= 11 is 5.93. The normalized spacial score (nSPS) is 10.5. The number of aliphatic carboxylic acids is 1. The Kier molecular flexibility index (Phi) is 5.28. The molecule has 0 atom stereocenters. The molecule has 0 aliphatic carbocycles. The van der Waals surface area contributed by atoms with E-state index in [-0.39, 0.29) is 17.0 Å². The van der Waals surface area contributed by atoms with Crippen LogP contribution in [-0.2, 0) is 9.59 Å². The minimum absolute atomic E-state index is 0.223. The molecular formula is C17H12ClNO4. The highest BCUT2D eigenvalue weighted by molar-refractivity contribution is 6.31. The maximum Gasteiger partial charge on any atom is 0.328 e. The minimum Gasteiger partial charge on any atom is -0.478 e. The Morgan fingerprint density at radius 2 is 1.70 bits per heavy atom. The van der Waals surface area contributed by atoms with Gasteiger partial charge in [-0.25, -0.2) is 4.79 Å². The van der Waals surface area contributed by atoms with Gasteiger partial charge in [-0.2, -0.15) is 0 Å². The van der Waals surface area contributed by atoms with Gasteiger partial charge in [-0.15, -0.1) is 0 Å². The smallest absolute Gasteiger partial charge is 0.328 e. The molecule has 0 aromatic heterocycles. The Morgan fingerprint density at radius 3 is 2.35 bits per heavy atom. The van der Waals surface area contributed by atoms with Gasteiger partial charge in [0.25, 0.3) is 0 Å². The number of carboxylic acids is 1. The van der Waals surface area contributed by atoms with E-state index in [0.29, 0.717) is 16.7 Å². The van der Waals surface area contributed by atoms with E-state index in [4.69, 9.17) is 16.7 Å². The molecule has 0 spiro atoms. The van der Waals surface area contributed by atoms with Crippen molar-refractivity contribution in [1.82, 2.24) is 0 Å². The molecule has 2 rings (SSSR count). The summed E-state index contributed by atoms with van der Waals surface area (Å²) in [6, 6.07) is 13.0. The number of halogens is 1. The molecule has 2 aromatic rings. The van der Waals surface area contributed by atoms with Gasteiger partial charge in [0.05, 0.1) is 5.69 Å². The number of hydrogen-bond acceptors (Lipinski definition) is 3. The second-order valence-corrected chi connectivity index (χ2v) is 4.98. The largest absolute Gasteiger partial charge is 0.478 e. The third-order valence-corrected chi connectivity index (χ3v) is 3.13. The SMILES string of the molecule is O=C(O)/C=C/C(=O)Nc1ccc(Cl)cc1C(=O)c1ccccc1. The first-order chi connectivity index (χ1) is 11.0. The van der Waals surface area contributed by atoms with Gasteiger partial charge in [-0.1, -0.05) is 41.9 Å². The van der Waals surface area contributed by atoms with Gasteiger partial charge in [0, 0.05) is 28.3 Å². The number of carboxylic acid groups (broad SMARTS) is 1. The fourth-order valence-corrected chi connectivity index (χ4v) is 2.05. The van der Waals surface area contributed by atoms with Crippen LogP contribution in [0.25, 0.3) is 0 Å². The zero-order valence-corrected chi connectivity index (χ0v) is 12.6. The van der Waals surface area contributed by atoms with Crippen molar-refractivity contribution >= 4 is 34.9 Å². The summed E-state index contributed by atoms with van der Waals surface area (Å²) < 4.78 is 0. The van der Waals surface area contributed by atoms with Crippen molar-refractivity contribution < 1.29 is 19.5 Å². The zero-order chi connectivity index (χ0) is 16.8. The Labute approximate surface area is 137 Å². The van der Waals surface area contributed by atoms with Gasteiger partial charge in [0.2, 0.25) is 5.91 Å². The van der Waals surface area contributed by atoms with Crippen LogP contribution in [0.1, 0.15) is 15.9 Å². The molecule has 5 nitrogen and oxygen atoms in total. The van der Waals surface area contributed by atoms with Gasteiger partial charge < -0.3 is 10.4 Å². The number of amides is 1. The molecule has 0 bridgehead atoms. The lowest BCUT2D eigenvalue weighted by Gasteiger charge is -2.10. The maximum absolute atomic E-state index is 12.5. The monoisotopic (exact) mass is 329 g/mol. The third kappa shape index (κ3) is 4.52. The van der Waals surface area contributed by atoms with E-state index in [1.54, 1.807) is 30.3 Å². The fourth-order valence-electron chi connectivity index (χ4n) is 1.88. The lowest BCUT2D eigenvalue weighted by molar-refractivity contribution is -0.131. The molecule has 0 saturated heterocycles. The lowest BCUT2D eigenvalue weighted by atomic mass is 10.0. The highest BCUT2D eigenvalue weighted by atomic mass is 35.5. The molecule has 116 valence electrons. The van der Waals surface area contributed by atoms with Gasteiger partial charge in [0.15, 0.2) is 5.78 Å². The van der Waals surface area contributed by atoms with Crippen molar-refractivity contribution in [2.24, 2.45) is 0 Å². The van der Waals surface area contributed by atoms with Crippen LogP contribution in [0, 0.1) is 0 Å². The molecule has 2 aromatic carbocycles. The summed E-state index contributed by atoms with van der Waals surface area (Å²) in [5.74, 6) is -2.20. The molecule has 0 fully saturated rings. The van der Waals surface area contributed by atoms with Gasteiger partial charge in [-0.05, 0) is 18.2 Å². The summed E-state index contributed by atoms with van der Waals surface area (Å²) in [5.41, 5.74) is 0.926. The van der Waals surface area contributed by atoms with Crippen molar-refractivity contribution in [1.29, 1.82) is 0 Å². The van der Waals surface area contributed by atoms with Crippen molar-refractivity contribution in [3.05, 3.63) is 76.8 Å². The number of carbonyl (C=O) groups excluding carboxylic acids is 2. The number of carbonyl (C=O) groups is 3. The summed E-state index contributed by atoms with van der Waals surface area (Å²) in [7, 11) is 0. The molecule has 0 heterocycles. The topological polar surface area (TPSA) is 83.5 Å². The molecule has 0 aliphatic rings. The molecule has 0 saturated carbocycles. The number of benzene rings is 2. The van der Waals surface area contributed by atoms with Gasteiger partial charge >= 0.3 is 5.97 Å². The predicted octanol–water partition coefficient (Wildman–Crippen LogP) is 3.15. The van der Waals surface area contributed by atoms with Crippen LogP contribution in [0.4, 0.5) is 5.69 Å². The predicted molar refractivity (Wildman–Crippen MR) is 86.7 cm³/mol. The Bertz CT molecular complexity index is 784. The summed E-state index contributed by atoms with van der Waals surface area (Å²) in [6.07, 6.45) is 1.58. The van der Waals surface area contributed by atoms with E-state index >= 15 is 0 Å². The van der Waals surface area contributed by atoms with E-state index in [1.165, 1.54) is 18.2 Å². The zero-order valence-electron chi connectivity index (χ0n) is 11.8. The summed E-state index contributed by atoms with van der Waals surface area (Å²) in [6.45, 7) is 0. The quantitative estimate of drug-likeness (QED) is 0.652. The number of rotatable bonds is 5. The molecule has 6 heteroatoms. The molecule has 1 amide bonds. The molecular weight excluding hydrogens is 318 g/mol. The van der Waals surface area contributed by atoms with E-state index in [1.807, 2.05) is 0 Å². The van der Waals surface area contributed by atoms with E-state index in [9.17, 15) is 14.4 Å². The maximum atomic E-state index is 12.5. The third-order valence-electron chi connectivity index (χ3n) is 2.90. The standard InChI is InChI=1S/C17H12ClNO4/c18-12-6-7-14(19-15(20)8-9-16(21)22)13(10-12)17(23)11-4-2-1-3-5-11/h1-10H,(H,19,20)(H,21,22)/b9-8+. The number of nitrogens with one attached hydrogen (secondary N) is 1. The first kappa shape index (κ1) is 16.5. The molecule has 2 N–H and O–H groups in total. The second-order valence-electron chi connectivity index (χ2n) is 4.55. The Balaban J connectivity index is 2.33. The van der Waals surface area contributed by atoms with Crippen molar-refractivity contribution in [2.75, 3.05) is 5.32 Å². The number of anilines is 1. The van der Waals surface area contributed by atoms with Crippen LogP contribution in [0.5, 0.6) is 0 Å². The first-order valence-electron chi connectivity index (χ1n) is 6.58. The number of ketones is 1. The second kappa shape index (κ2) is 7.38. The van der Waals surface area contributed by atoms with Crippen LogP contribution in [0.15, 0.2) is 60.7 Å². The molecule has 23 heavy (non-hydrogen) atoms. The summed E-state index contributed by atoms with van der Waals surface area (Å²) in [4.78, 5) is 34.7. The van der Waals surface area contributed by atoms with Gasteiger partial charge in [-0.3, -0.25) is 9.59 Å². The van der Waals surface area contributed by atoms with Crippen molar-refractivity contribution in [3.8, 4) is 0 Å². The van der Waals surface area contributed by atoms with Gasteiger partial charge in [0.1, 0.15) is 0 Å². The Morgan fingerprint density at radius 1 is 1.00 bits per heavy atom. The van der Waals surface area contributed by atoms with Crippen LogP contribution in [-0.4, -0.2) is 22.8 Å². The molecule has 0 aliphatic heterocycles. The average molecular weight is 330 g/mol. The van der Waals surface area contributed by atoms with E-state index in [0.717, 1.165) is 6.08 Å². The number of hydrogen-bond donors (Lipinski definition) is 2. The van der Waals surface area contributed by atoms with E-state index in [2.05, 4.69) is 5.32 Å². The van der Waals surface area contributed by atoms with Crippen LogP contribution in [0.3, 0.4) is 0 Å². The molecule has 0 unspecified atom stereocenters. The molecule has 0 radical (unpaired) electrons.